The quantitative estimate of drug-likeness (QED) is 0.931. The number of alkyl halides is 1. The average Bonchev–Trinajstić information content (AvgIpc) is 2.71. The second-order valence-electron chi connectivity index (χ2n) is 4.93. The van der Waals surface area contributed by atoms with Gasteiger partial charge in [-0.25, -0.2) is 9.18 Å². The van der Waals surface area contributed by atoms with Crippen molar-refractivity contribution in [2.75, 3.05) is 6.67 Å². The van der Waals surface area contributed by atoms with Gasteiger partial charge in [-0.3, -0.25) is 13.9 Å². The zero-order valence-electron chi connectivity index (χ0n) is 11.8. The number of rotatable bonds is 4. The molecule has 0 amide bonds. The third kappa shape index (κ3) is 2.10. The van der Waals surface area contributed by atoms with E-state index < -0.39 is 12.4 Å². The van der Waals surface area contributed by atoms with Gasteiger partial charge in [0.2, 0.25) is 0 Å². The molecule has 110 valence electrons. The second-order valence-corrected chi connectivity index (χ2v) is 6.01. The predicted molar refractivity (Wildman–Crippen MR) is 79.3 cm³/mol. The van der Waals surface area contributed by atoms with Gasteiger partial charge in [0.05, 0.1) is 11.9 Å². The normalized spacial score (nSPS) is 11.7. The van der Waals surface area contributed by atoms with E-state index >= 15 is 0 Å². The molecule has 0 atom stereocenters. The number of halogens is 1. The monoisotopic (exact) mass is 299 g/mol. The fourth-order valence-corrected chi connectivity index (χ4v) is 3.54. The molecule has 0 aliphatic rings. The van der Waals surface area contributed by atoms with Crippen molar-refractivity contribution in [1.82, 2.24) is 9.13 Å². The minimum atomic E-state index is -0.653. The molecule has 2 heterocycles. The van der Waals surface area contributed by atoms with E-state index in [1.807, 2.05) is 6.92 Å². The molecule has 0 saturated carbocycles. The second kappa shape index (κ2) is 5.49. The summed E-state index contributed by atoms with van der Waals surface area (Å²) in [4.78, 5) is 26.3. The van der Waals surface area contributed by atoms with Gasteiger partial charge in [-0.05, 0) is 26.3 Å². The first-order chi connectivity index (χ1) is 9.43. The Morgan fingerprint density at radius 3 is 2.50 bits per heavy atom. The molecule has 2 rings (SSSR count). The summed E-state index contributed by atoms with van der Waals surface area (Å²) in [6.07, 6.45) is 0. The van der Waals surface area contributed by atoms with Crippen molar-refractivity contribution >= 4 is 21.6 Å². The molecule has 0 aliphatic heterocycles. The Hall–Kier alpha value is -1.47. The predicted octanol–water partition coefficient (Wildman–Crippen LogP) is 1.54. The Morgan fingerprint density at radius 1 is 1.35 bits per heavy atom. The zero-order chi connectivity index (χ0) is 15.0. The van der Waals surface area contributed by atoms with Gasteiger partial charge in [-0.2, -0.15) is 0 Å². The highest BCUT2D eigenvalue weighted by atomic mass is 32.1. The molecule has 2 aromatic rings. The summed E-state index contributed by atoms with van der Waals surface area (Å²) in [7, 11) is 0. The lowest BCUT2D eigenvalue weighted by Gasteiger charge is -2.13. The average molecular weight is 299 g/mol. The molecule has 20 heavy (non-hydrogen) atoms. The Morgan fingerprint density at radius 2 is 2.00 bits per heavy atom. The third-order valence-electron chi connectivity index (χ3n) is 3.35. The van der Waals surface area contributed by atoms with Crippen LogP contribution < -0.4 is 17.0 Å². The summed E-state index contributed by atoms with van der Waals surface area (Å²) in [5, 5.41) is 0.484. The van der Waals surface area contributed by atoms with E-state index in [-0.39, 0.29) is 18.1 Å². The lowest BCUT2D eigenvalue weighted by molar-refractivity contribution is 0.429. The van der Waals surface area contributed by atoms with Crippen LogP contribution in [0.1, 0.15) is 30.3 Å². The van der Waals surface area contributed by atoms with Crippen LogP contribution >= 0.6 is 11.3 Å². The summed E-state index contributed by atoms with van der Waals surface area (Å²) < 4.78 is 15.3. The van der Waals surface area contributed by atoms with E-state index in [1.165, 1.54) is 20.5 Å². The van der Waals surface area contributed by atoms with Crippen LogP contribution in [0.25, 0.3) is 10.2 Å². The summed E-state index contributed by atoms with van der Waals surface area (Å²) in [5.74, 6) is 0. The number of nitrogens with zero attached hydrogens (tertiary/aromatic N) is 2. The maximum atomic E-state index is 12.7. The largest absolute Gasteiger partial charge is 0.332 e. The molecule has 0 fully saturated rings. The van der Waals surface area contributed by atoms with Crippen LogP contribution in [0.3, 0.4) is 0 Å². The van der Waals surface area contributed by atoms with Crippen LogP contribution in [0.2, 0.25) is 0 Å². The molecular weight excluding hydrogens is 281 g/mol. The number of thiophene rings is 1. The smallest absolute Gasteiger partial charge is 0.326 e. The van der Waals surface area contributed by atoms with E-state index in [0.29, 0.717) is 16.8 Å². The minimum Gasteiger partial charge on any atom is -0.326 e. The number of aromatic nitrogens is 2. The van der Waals surface area contributed by atoms with Gasteiger partial charge in [0.15, 0.2) is 0 Å². The van der Waals surface area contributed by atoms with E-state index in [1.54, 1.807) is 13.8 Å². The molecule has 7 heteroatoms. The first kappa shape index (κ1) is 14.9. The molecule has 0 aromatic carbocycles. The van der Waals surface area contributed by atoms with Crippen molar-refractivity contribution in [3.8, 4) is 0 Å². The van der Waals surface area contributed by atoms with Crippen LogP contribution in [0, 0.1) is 6.92 Å². The van der Waals surface area contributed by atoms with Gasteiger partial charge in [0, 0.05) is 17.5 Å². The topological polar surface area (TPSA) is 70.0 Å². The van der Waals surface area contributed by atoms with Crippen molar-refractivity contribution in [3.63, 3.8) is 0 Å². The third-order valence-corrected chi connectivity index (χ3v) is 4.69. The molecule has 2 N–H and O–H groups in total. The van der Waals surface area contributed by atoms with Crippen LogP contribution in [-0.4, -0.2) is 15.8 Å². The summed E-state index contributed by atoms with van der Waals surface area (Å²) >= 11 is 1.30. The highest BCUT2D eigenvalue weighted by Crippen LogP contribution is 2.27. The number of hydrogen-bond acceptors (Lipinski definition) is 4. The molecule has 0 bridgehead atoms. The number of fused-ring (bicyclic) bond motifs is 1. The molecule has 0 unspecified atom stereocenters. The highest BCUT2D eigenvalue weighted by Gasteiger charge is 2.20. The van der Waals surface area contributed by atoms with E-state index in [2.05, 4.69) is 0 Å². The first-order valence-corrected chi connectivity index (χ1v) is 7.29. The van der Waals surface area contributed by atoms with Crippen molar-refractivity contribution in [3.05, 3.63) is 31.3 Å². The van der Waals surface area contributed by atoms with Crippen molar-refractivity contribution in [2.45, 2.75) is 39.9 Å². The van der Waals surface area contributed by atoms with Crippen molar-refractivity contribution in [1.29, 1.82) is 0 Å². The number of nitrogens with two attached hydrogens (primary N) is 1. The van der Waals surface area contributed by atoms with Crippen molar-refractivity contribution in [2.24, 2.45) is 5.73 Å². The van der Waals surface area contributed by atoms with Gasteiger partial charge in [0.1, 0.15) is 11.5 Å². The lowest BCUT2D eigenvalue weighted by Crippen LogP contribution is -2.41. The van der Waals surface area contributed by atoms with Crippen LogP contribution in [0.4, 0.5) is 4.39 Å². The standard InChI is InChI=1S/C13H18FN3O2S/c1-7(2)17-11(18)10-8(3)9(6-15)20-12(10)16(5-4-14)13(17)19/h7H,4-6,15H2,1-3H3. The van der Waals surface area contributed by atoms with Crippen molar-refractivity contribution < 1.29 is 4.39 Å². The lowest BCUT2D eigenvalue weighted by atomic mass is 10.2. The maximum Gasteiger partial charge on any atom is 0.332 e. The molecule has 2 aromatic heterocycles. The molecule has 0 radical (unpaired) electrons. The Kier molecular flexibility index (Phi) is 4.10. The fourth-order valence-electron chi connectivity index (χ4n) is 2.34. The molecule has 5 nitrogen and oxygen atoms in total. The number of aryl methyl sites for hydroxylation is 2. The van der Waals surface area contributed by atoms with Crippen LogP contribution in [0.5, 0.6) is 0 Å². The van der Waals surface area contributed by atoms with Gasteiger partial charge in [0.25, 0.3) is 5.56 Å². The molecular formula is C13H18FN3O2S. The van der Waals surface area contributed by atoms with Gasteiger partial charge < -0.3 is 5.73 Å². The zero-order valence-corrected chi connectivity index (χ0v) is 12.6. The van der Waals surface area contributed by atoms with E-state index in [0.717, 1.165) is 10.4 Å². The Bertz CT molecular complexity index is 758. The van der Waals surface area contributed by atoms with E-state index in [9.17, 15) is 14.0 Å². The van der Waals surface area contributed by atoms with Gasteiger partial charge in [-0.1, -0.05) is 0 Å². The van der Waals surface area contributed by atoms with E-state index in [4.69, 9.17) is 5.73 Å². The van der Waals surface area contributed by atoms with Gasteiger partial charge in [-0.15, -0.1) is 11.3 Å². The summed E-state index contributed by atoms with van der Waals surface area (Å²) in [6, 6.07) is -0.272. The molecule has 0 spiro atoms. The maximum absolute atomic E-state index is 12.7. The Balaban J connectivity index is 3.02. The van der Waals surface area contributed by atoms with Crippen LogP contribution in [0.15, 0.2) is 9.59 Å². The fraction of sp³-hybridized carbons (Fsp3) is 0.538. The summed E-state index contributed by atoms with van der Waals surface area (Å²) in [5.41, 5.74) is 5.68. The minimum absolute atomic E-state index is 0.0493. The summed E-state index contributed by atoms with van der Waals surface area (Å²) in [6.45, 7) is 4.94. The SMILES string of the molecule is Cc1c(CN)sc2c1c(=O)n(C(C)C)c(=O)n2CCF. The number of hydrogen-bond donors (Lipinski definition) is 1. The highest BCUT2D eigenvalue weighted by molar-refractivity contribution is 7.18. The first-order valence-electron chi connectivity index (χ1n) is 6.47. The van der Waals surface area contributed by atoms with Gasteiger partial charge >= 0.3 is 5.69 Å². The van der Waals surface area contributed by atoms with Crippen LogP contribution in [-0.2, 0) is 13.1 Å². The molecule has 0 aliphatic carbocycles. The Labute approximate surface area is 119 Å². The molecule has 0 saturated heterocycles.